The average Bonchev–Trinajstić information content (AvgIpc) is 2.56. The van der Waals surface area contributed by atoms with Crippen molar-refractivity contribution < 1.29 is 4.39 Å². The van der Waals surface area contributed by atoms with Gasteiger partial charge in [-0.3, -0.25) is 9.89 Å². The molecule has 1 saturated heterocycles. The van der Waals surface area contributed by atoms with Crippen LogP contribution in [0.5, 0.6) is 0 Å². The number of hydrogen-bond donors (Lipinski definition) is 2. The summed E-state index contributed by atoms with van der Waals surface area (Å²) in [5.74, 6) is 0.524. The van der Waals surface area contributed by atoms with Crippen LogP contribution in [-0.4, -0.2) is 43.1 Å². The topological polar surface area (TPSA) is 39.7 Å². The Morgan fingerprint density at radius 1 is 1.35 bits per heavy atom. The van der Waals surface area contributed by atoms with Crippen molar-refractivity contribution in [3.05, 3.63) is 35.6 Å². The SMILES string of the molecule is CN=C(NCc1ccccc1F)NCC(C)N1CCCCC1C. The predicted molar refractivity (Wildman–Crippen MR) is 94.1 cm³/mol. The molecule has 1 aromatic carbocycles. The van der Waals surface area contributed by atoms with Crippen molar-refractivity contribution in [1.82, 2.24) is 15.5 Å². The number of benzene rings is 1. The molecule has 5 heteroatoms. The first-order valence-electron chi connectivity index (χ1n) is 8.55. The maximum atomic E-state index is 13.6. The molecular weight excluding hydrogens is 291 g/mol. The highest BCUT2D eigenvalue weighted by molar-refractivity contribution is 5.79. The number of nitrogens with zero attached hydrogens (tertiary/aromatic N) is 2. The van der Waals surface area contributed by atoms with E-state index in [1.165, 1.54) is 31.9 Å². The van der Waals surface area contributed by atoms with Gasteiger partial charge in [-0.15, -0.1) is 0 Å². The Morgan fingerprint density at radius 2 is 2.13 bits per heavy atom. The molecule has 2 rings (SSSR count). The van der Waals surface area contributed by atoms with Gasteiger partial charge in [-0.2, -0.15) is 0 Å². The van der Waals surface area contributed by atoms with E-state index in [9.17, 15) is 4.39 Å². The van der Waals surface area contributed by atoms with Crippen molar-refractivity contribution in [1.29, 1.82) is 0 Å². The number of piperidine rings is 1. The van der Waals surface area contributed by atoms with E-state index in [4.69, 9.17) is 0 Å². The largest absolute Gasteiger partial charge is 0.355 e. The first kappa shape index (κ1) is 17.7. The monoisotopic (exact) mass is 320 g/mol. The number of aliphatic imine (C=N–C) groups is 1. The fourth-order valence-electron chi connectivity index (χ4n) is 3.18. The van der Waals surface area contributed by atoms with Gasteiger partial charge in [0.05, 0.1) is 0 Å². The Balaban J connectivity index is 1.79. The first-order valence-corrected chi connectivity index (χ1v) is 8.55. The van der Waals surface area contributed by atoms with Gasteiger partial charge in [-0.1, -0.05) is 24.6 Å². The third-order valence-electron chi connectivity index (χ3n) is 4.61. The summed E-state index contributed by atoms with van der Waals surface area (Å²) in [6.45, 7) is 6.99. The molecule has 1 aliphatic heterocycles. The fraction of sp³-hybridized carbons (Fsp3) is 0.611. The predicted octanol–water partition coefficient (Wildman–Crippen LogP) is 2.75. The van der Waals surface area contributed by atoms with Crippen LogP contribution in [0.1, 0.15) is 38.7 Å². The number of rotatable bonds is 5. The Labute approximate surface area is 139 Å². The second-order valence-electron chi connectivity index (χ2n) is 6.33. The molecule has 1 aliphatic rings. The number of hydrogen-bond acceptors (Lipinski definition) is 2. The van der Waals surface area contributed by atoms with E-state index in [1.807, 2.05) is 6.07 Å². The van der Waals surface area contributed by atoms with Crippen LogP contribution in [0.2, 0.25) is 0 Å². The number of nitrogens with one attached hydrogen (secondary N) is 2. The average molecular weight is 320 g/mol. The molecule has 0 saturated carbocycles. The van der Waals surface area contributed by atoms with E-state index in [0.29, 0.717) is 30.2 Å². The molecule has 0 aliphatic carbocycles. The molecule has 1 heterocycles. The van der Waals surface area contributed by atoms with Gasteiger partial charge in [0, 0.05) is 37.8 Å². The van der Waals surface area contributed by atoms with E-state index in [-0.39, 0.29) is 5.82 Å². The lowest BCUT2D eigenvalue weighted by molar-refractivity contribution is 0.115. The molecule has 128 valence electrons. The Kier molecular flexibility index (Phi) is 6.84. The van der Waals surface area contributed by atoms with Gasteiger partial charge in [0.1, 0.15) is 5.82 Å². The molecule has 4 nitrogen and oxygen atoms in total. The molecule has 0 aromatic heterocycles. The highest BCUT2D eigenvalue weighted by atomic mass is 19.1. The molecule has 23 heavy (non-hydrogen) atoms. The van der Waals surface area contributed by atoms with Crippen LogP contribution in [0.4, 0.5) is 4.39 Å². The van der Waals surface area contributed by atoms with Crippen molar-refractivity contribution >= 4 is 5.96 Å². The Hall–Kier alpha value is -1.62. The van der Waals surface area contributed by atoms with Crippen LogP contribution >= 0.6 is 0 Å². The summed E-state index contributed by atoms with van der Waals surface area (Å²) in [6.07, 6.45) is 3.91. The molecule has 0 bridgehead atoms. The molecule has 1 aromatic rings. The minimum atomic E-state index is -0.189. The summed E-state index contributed by atoms with van der Waals surface area (Å²) in [5.41, 5.74) is 0.646. The van der Waals surface area contributed by atoms with Crippen LogP contribution < -0.4 is 10.6 Å². The fourth-order valence-corrected chi connectivity index (χ4v) is 3.18. The summed E-state index contributed by atoms with van der Waals surface area (Å²) < 4.78 is 13.6. The maximum Gasteiger partial charge on any atom is 0.191 e. The van der Waals surface area contributed by atoms with Crippen molar-refractivity contribution in [2.24, 2.45) is 4.99 Å². The van der Waals surface area contributed by atoms with Crippen molar-refractivity contribution in [2.75, 3.05) is 20.1 Å². The van der Waals surface area contributed by atoms with Gasteiger partial charge in [0.2, 0.25) is 0 Å². The van der Waals surface area contributed by atoms with E-state index >= 15 is 0 Å². The molecule has 0 radical (unpaired) electrons. The molecule has 0 spiro atoms. The van der Waals surface area contributed by atoms with Gasteiger partial charge in [0.25, 0.3) is 0 Å². The zero-order valence-electron chi connectivity index (χ0n) is 14.5. The van der Waals surface area contributed by atoms with Crippen molar-refractivity contribution in [3.63, 3.8) is 0 Å². The lowest BCUT2D eigenvalue weighted by atomic mass is 10.0. The number of likely N-dealkylation sites (tertiary alicyclic amines) is 1. The summed E-state index contributed by atoms with van der Waals surface area (Å²) in [6, 6.07) is 7.91. The molecule has 2 unspecified atom stereocenters. The van der Waals surface area contributed by atoms with Gasteiger partial charge < -0.3 is 10.6 Å². The van der Waals surface area contributed by atoms with Gasteiger partial charge in [0.15, 0.2) is 5.96 Å². The second-order valence-corrected chi connectivity index (χ2v) is 6.33. The van der Waals surface area contributed by atoms with E-state index in [1.54, 1.807) is 19.2 Å². The van der Waals surface area contributed by atoms with Gasteiger partial charge >= 0.3 is 0 Å². The summed E-state index contributed by atoms with van der Waals surface area (Å²) in [5, 5.41) is 6.53. The molecule has 0 amide bonds. The van der Waals surface area contributed by atoms with Crippen molar-refractivity contribution in [2.45, 2.75) is 51.7 Å². The second kappa shape index (κ2) is 8.87. The molecule has 2 atom stereocenters. The van der Waals surface area contributed by atoms with E-state index in [2.05, 4.69) is 34.4 Å². The minimum absolute atomic E-state index is 0.189. The smallest absolute Gasteiger partial charge is 0.191 e. The normalized spacial score (nSPS) is 21.0. The first-order chi connectivity index (χ1) is 11.1. The van der Waals surface area contributed by atoms with Crippen LogP contribution in [0.25, 0.3) is 0 Å². The van der Waals surface area contributed by atoms with E-state index < -0.39 is 0 Å². The maximum absolute atomic E-state index is 13.6. The highest BCUT2D eigenvalue weighted by Crippen LogP contribution is 2.18. The number of halogens is 1. The van der Waals surface area contributed by atoms with Gasteiger partial charge in [-0.25, -0.2) is 4.39 Å². The molecular formula is C18H29FN4. The standard InChI is InChI=1S/C18H29FN4/c1-14-8-6-7-11-23(14)15(2)12-21-18(20-3)22-13-16-9-4-5-10-17(16)19/h4-5,9-10,14-15H,6-8,11-13H2,1-3H3,(H2,20,21,22). The van der Waals surface area contributed by atoms with E-state index in [0.717, 1.165) is 6.54 Å². The van der Waals surface area contributed by atoms with Crippen molar-refractivity contribution in [3.8, 4) is 0 Å². The summed E-state index contributed by atoms with van der Waals surface area (Å²) >= 11 is 0. The van der Waals surface area contributed by atoms with Crippen LogP contribution in [0.15, 0.2) is 29.3 Å². The number of guanidine groups is 1. The third kappa shape index (κ3) is 5.20. The lowest BCUT2D eigenvalue weighted by Crippen LogP contribution is -2.50. The lowest BCUT2D eigenvalue weighted by Gasteiger charge is -2.38. The van der Waals surface area contributed by atoms with Crippen LogP contribution in [0.3, 0.4) is 0 Å². The highest BCUT2D eigenvalue weighted by Gasteiger charge is 2.22. The molecule has 2 N–H and O–H groups in total. The summed E-state index contributed by atoms with van der Waals surface area (Å²) in [4.78, 5) is 6.78. The quantitative estimate of drug-likeness (QED) is 0.647. The van der Waals surface area contributed by atoms with Crippen LogP contribution in [0, 0.1) is 5.82 Å². The minimum Gasteiger partial charge on any atom is -0.355 e. The van der Waals surface area contributed by atoms with Gasteiger partial charge in [-0.05, 0) is 39.3 Å². The third-order valence-corrected chi connectivity index (χ3v) is 4.61. The molecule has 1 fully saturated rings. The van der Waals surface area contributed by atoms with Crippen LogP contribution in [-0.2, 0) is 6.54 Å². The Bertz CT molecular complexity index is 517. The zero-order valence-corrected chi connectivity index (χ0v) is 14.5. The Morgan fingerprint density at radius 3 is 2.83 bits per heavy atom. The zero-order chi connectivity index (χ0) is 16.7. The summed E-state index contributed by atoms with van der Waals surface area (Å²) in [7, 11) is 1.74.